The quantitative estimate of drug-likeness (QED) is 0.943. The van der Waals surface area contributed by atoms with Crippen LogP contribution in [0.2, 0.25) is 0 Å². The first-order valence-corrected chi connectivity index (χ1v) is 5.72. The minimum absolute atomic E-state index is 0.227. The molecule has 1 aromatic carbocycles. The van der Waals surface area contributed by atoms with Crippen LogP contribution >= 0.6 is 15.9 Å². The molecule has 0 aliphatic carbocycles. The number of benzene rings is 1. The molecule has 18 heavy (non-hydrogen) atoms. The number of nitrogens with zero attached hydrogens (tertiary/aromatic N) is 2. The van der Waals surface area contributed by atoms with E-state index in [1.807, 2.05) is 0 Å². The molecular formula is C11H8BrF2N3O. The number of rotatable bonds is 3. The molecule has 0 bridgehead atoms. The van der Waals surface area contributed by atoms with Gasteiger partial charge in [0.25, 0.3) is 5.88 Å². The normalized spacial score (nSPS) is 10.2. The van der Waals surface area contributed by atoms with Gasteiger partial charge >= 0.3 is 0 Å². The van der Waals surface area contributed by atoms with E-state index in [-0.39, 0.29) is 17.6 Å². The van der Waals surface area contributed by atoms with Crippen LogP contribution in [0, 0.1) is 11.6 Å². The van der Waals surface area contributed by atoms with Crippen LogP contribution in [-0.2, 0) is 0 Å². The predicted molar refractivity (Wildman–Crippen MR) is 65.7 cm³/mol. The molecule has 2 aromatic rings. The van der Waals surface area contributed by atoms with E-state index < -0.39 is 11.6 Å². The van der Waals surface area contributed by atoms with Crippen LogP contribution in [0.3, 0.4) is 0 Å². The highest BCUT2D eigenvalue weighted by Gasteiger charge is 2.11. The van der Waals surface area contributed by atoms with Crippen LogP contribution < -0.4 is 10.1 Å². The smallest absolute Gasteiger partial charge is 0.260 e. The molecule has 1 N–H and O–H groups in total. The van der Waals surface area contributed by atoms with Crippen molar-refractivity contribution in [1.82, 2.24) is 9.97 Å². The van der Waals surface area contributed by atoms with Gasteiger partial charge in [-0.05, 0) is 34.1 Å². The van der Waals surface area contributed by atoms with E-state index in [4.69, 9.17) is 4.74 Å². The van der Waals surface area contributed by atoms with Crippen LogP contribution in [0.4, 0.5) is 14.7 Å². The molecule has 7 heteroatoms. The monoisotopic (exact) mass is 315 g/mol. The first-order chi connectivity index (χ1) is 8.60. The Morgan fingerprint density at radius 1 is 1.33 bits per heavy atom. The maximum absolute atomic E-state index is 13.4. The van der Waals surface area contributed by atoms with Gasteiger partial charge in [-0.3, -0.25) is 0 Å². The molecule has 0 radical (unpaired) electrons. The van der Waals surface area contributed by atoms with Gasteiger partial charge in [-0.2, -0.15) is 9.37 Å². The summed E-state index contributed by atoms with van der Waals surface area (Å²) in [6, 6.07) is 3.80. The summed E-state index contributed by atoms with van der Waals surface area (Å²) < 4.78 is 31.9. The van der Waals surface area contributed by atoms with Crippen molar-refractivity contribution in [3.8, 4) is 11.6 Å². The van der Waals surface area contributed by atoms with E-state index in [2.05, 4.69) is 31.2 Å². The zero-order valence-electron chi connectivity index (χ0n) is 9.25. The fourth-order valence-electron chi connectivity index (χ4n) is 1.21. The van der Waals surface area contributed by atoms with Crippen LogP contribution in [-0.4, -0.2) is 17.0 Å². The van der Waals surface area contributed by atoms with E-state index in [9.17, 15) is 8.78 Å². The summed E-state index contributed by atoms with van der Waals surface area (Å²) in [5.41, 5.74) is 0. The van der Waals surface area contributed by atoms with Gasteiger partial charge in [0, 0.05) is 7.05 Å². The van der Waals surface area contributed by atoms with Crippen LogP contribution in [0.15, 0.2) is 28.9 Å². The topological polar surface area (TPSA) is 47.0 Å². The van der Waals surface area contributed by atoms with Gasteiger partial charge in [0.05, 0.1) is 10.7 Å². The van der Waals surface area contributed by atoms with Gasteiger partial charge in [0.15, 0.2) is 0 Å². The zero-order valence-corrected chi connectivity index (χ0v) is 10.8. The first kappa shape index (κ1) is 12.7. The molecule has 0 spiro atoms. The van der Waals surface area contributed by atoms with Crippen molar-refractivity contribution in [2.24, 2.45) is 0 Å². The minimum Gasteiger partial charge on any atom is -0.435 e. The molecule has 0 saturated heterocycles. The van der Waals surface area contributed by atoms with Crippen LogP contribution in [0.25, 0.3) is 0 Å². The second kappa shape index (κ2) is 5.26. The Balaban J connectivity index is 2.33. The van der Waals surface area contributed by atoms with Gasteiger partial charge in [-0.1, -0.05) is 0 Å². The lowest BCUT2D eigenvalue weighted by Gasteiger charge is -2.08. The fourth-order valence-corrected chi connectivity index (χ4v) is 1.64. The molecule has 0 aliphatic rings. The number of halogens is 3. The van der Waals surface area contributed by atoms with Crippen LogP contribution in [0.1, 0.15) is 0 Å². The number of anilines is 1. The van der Waals surface area contributed by atoms with Crippen molar-refractivity contribution >= 4 is 21.9 Å². The molecule has 0 unspecified atom stereocenters. The molecule has 0 atom stereocenters. The number of ether oxygens (including phenoxy) is 1. The third-order valence-corrected chi connectivity index (χ3v) is 2.66. The molecule has 0 aliphatic heterocycles. The Bertz CT molecular complexity index is 580. The lowest BCUT2D eigenvalue weighted by atomic mass is 10.3. The maximum Gasteiger partial charge on any atom is 0.260 e. The van der Waals surface area contributed by atoms with Crippen molar-refractivity contribution in [1.29, 1.82) is 0 Å². The number of aromatic nitrogens is 2. The Hall–Kier alpha value is -1.76. The predicted octanol–water partition coefficient (Wildman–Crippen LogP) is 3.35. The number of nitrogens with one attached hydrogen (secondary N) is 1. The average Bonchev–Trinajstić information content (AvgIpc) is 2.35. The number of hydrogen-bond acceptors (Lipinski definition) is 4. The molecule has 4 nitrogen and oxygen atoms in total. The molecular weight excluding hydrogens is 308 g/mol. The summed E-state index contributed by atoms with van der Waals surface area (Å²) in [6.07, 6.45) is 0.992. The van der Waals surface area contributed by atoms with Crippen molar-refractivity contribution in [2.45, 2.75) is 0 Å². The SMILES string of the molecule is CNc1ncc(F)c(Oc2ccc(F)cc2Br)n1. The standard InChI is InChI=1S/C11H8BrF2N3O/c1-15-11-16-5-8(14)10(17-11)18-9-3-2-6(13)4-7(9)12/h2-5H,1H3,(H,15,16,17). The van der Waals surface area contributed by atoms with Crippen molar-refractivity contribution in [3.05, 3.63) is 40.5 Å². The summed E-state index contributed by atoms with van der Waals surface area (Å²) in [5, 5.41) is 2.66. The molecule has 0 amide bonds. The van der Waals surface area contributed by atoms with Gasteiger partial charge in [0.1, 0.15) is 11.6 Å². The summed E-state index contributed by atoms with van der Waals surface area (Å²) in [6.45, 7) is 0. The Morgan fingerprint density at radius 2 is 2.11 bits per heavy atom. The third-order valence-electron chi connectivity index (χ3n) is 2.04. The van der Waals surface area contributed by atoms with Crippen molar-refractivity contribution < 1.29 is 13.5 Å². The molecule has 0 saturated carbocycles. The van der Waals surface area contributed by atoms with Gasteiger partial charge < -0.3 is 10.1 Å². The van der Waals surface area contributed by atoms with E-state index >= 15 is 0 Å². The lowest BCUT2D eigenvalue weighted by Crippen LogP contribution is -2.00. The first-order valence-electron chi connectivity index (χ1n) is 4.93. The van der Waals surface area contributed by atoms with Gasteiger partial charge in [-0.15, -0.1) is 0 Å². The maximum atomic E-state index is 13.4. The Morgan fingerprint density at radius 3 is 2.78 bits per heavy atom. The third kappa shape index (κ3) is 2.73. The highest BCUT2D eigenvalue weighted by molar-refractivity contribution is 9.10. The van der Waals surface area contributed by atoms with Crippen molar-refractivity contribution in [3.63, 3.8) is 0 Å². The Labute approximate surface area is 110 Å². The van der Waals surface area contributed by atoms with E-state index in [1.165, 1.54) is 18.2 Å². The lowest BCUT2D eigenvalue weighted by molar-refractivity contribution is 0.417. The molecule has 1 aromatic heterocycles. The van der Waals surface area contributed by atoms with E-state index in [0.29, 0.717) is 4.47 Å². The Kier molecular flexibility index (Phi) is 3.71. The molecule has 1 heterocycles. The molecule has 0 fully saturated rings. The van der Waals surface area contributed by atoms with E-state index in [1.54, 1.807) is 7.05 Å². The summed E-state index contributed by atoms with van der Waals surface area (Å²) in [7, 11) is 1.60. The van der Waals surface area contributed by atoms with Crippen molar-refractivity contribution in [2.75, 3.05) is 12.4 Å². The zero-order chi connectivity index (χ0) is 13.1. The number of hydrogen-bond donors (Lipinski definition) is 1. The highest BCUT2D eigenvalue weighted by Crippen LogP contribution is 2.30. The minimum atomic E-state index is -0.703. The summed E-state index contributed by atoms with van der Waals surface area (Å²) in [5.74, 6) is -0.874. The summed E-state index contributed by atoms with van der Waals surface area (Å²) in [4.78, 5) is 7.50. The average molecular weight is 316 g/mol. The second-order valence-corrected chi connectivity index (χ2v) is 4.13. The largest absolute Gasteiger partial charge is 0.435 e. The molecule has 94 valence electrons. The fraction of sp³-hybridized carbons (Fsp3) is 0.0909. The molecule has 2 rings (SSSR count). The van der Waals surface area contributed by atoms with Gasteiger partial charge in [-0.25, -0.2) is 9.37 Å². The van der Waals surface area contributed by atoms with Gasteiger partial charge in [0.2, 0.25) is 11.8 Å². The van der Waals surface area contributed by atoms with E-state index in [0.717, 1.165) is 6.20 Å². The second-order valence-electron chi connectivity index (χ2n) is 3.27. The highest BCUT2D eigenvalue weighted by atomic mass is 79.9. The van der Waals surface area contributed by atoms with Crippen LogP contribution in [0.5, 0.6) is 11.6 Å². The summed E-state index contributed by atoms with van der Waals surface area (Å²) >= 11 is 3.12.